The highest BCUT2D eigenvalue weighted by molar-refractivity contribution is 9.10. The molecule has 0 saturated heterocycles. The number of carbonyl (C=O) groups is 1. The summed E-state index contributed by atoms with van der Waals surface area (Å²) in [6, 6.07) is 4.30. The van der Waals surface area contributed by atoms with Crippen molar-refractivity contribution in [3.63, 3.8) is 0 Å². The van der Waals surface area contributed by atoms with Crippen molar-refractivity contribution in [3.8, 4) is 0 Å². The van der Waals surface area contributed by atoms with E-state index >= 15 is 0 Å². The summed E-state index contributed by atoms with van der Waals surface area (Å²) in [5.41, 5.74) is 0.603. The van der Waals surface area contributed by atoms with Crippen LogP contribution in [0.2, 0.25) is 0 Å². The average molecular weight is 368 g/mol. The SMILES string of the molecule is O=C(O)c1ccc(C(O)C(O)CCBr)c(Br)c1. The zero-order valence-corrected chi connectivity index (χ0v) is 12.0. The van der Waals surface area contributed by atoms with Crippen molar-refractivity contribution in [2.45, 2.75) is 18.6 Å². The van der Waals surface area contributed by atoms with Crippen LogP contribution in [0, 0.1) is 0 Å². The van der Waals surface area contributed by atoms with Crippen molar-refractivity contribution in [1.29, 1.82) is 0 Å². The van der Waals surface area contributed by atoms with Crippen LogP contribution in [0.25, 0.3) is 0 Å². The van der Waals surface area contributed by atoms with Crippen LogP contribution >= 0.6 is 31.9 Å². The number of aliphatic hydroxyl groups is 2. The Kier molecular flexibility index (Phi) is 5.58. The minimum Gasteiger partial charge on any atom is -0.478 e. The topological polar surface area (TPSA) is 77.8 Å². The predicted molar refractivity (Wildman–Crippen MR) is 70.5 cm³/mol. The molecule has 17 heavy (non-hydrogen) atoms. The Balaban J connectivity index is 2.95. The first-order chi connectivity index (χ1) is 7.97. The molecule has 0 fully saturated rings. The summed E-state index contributed by atoms with van der Waals surface area (Å²) in [4.78, 5) is 10.7. The Morgan fingerprint density at radius 3 is 2.47 bits per heavy atom. The number of benzene rings is 1. The molecule has 0 aromatic heterocycles. The van der Waals surface area contributed by atoms with Gasteiger partial charge in [0.15, 0.2) is 0 Å². The Morgan fingerprint density at radius 2 is 2.00 bits per heavy atom. The average Bonchev–Trinajstić information content (AvgIpc) is 2.28. The summed E-state index contributed by atoms with van der Waals surface area (Å²) in [6.07, 6.45) is -1.51. The van der Waals surface area contributed by atoms with Gasteiger partial charge in [-0.2, -0.15) is 0 Å². The molecule has 0 heterocycles. The summed E-state index contributed by atoms with van der Waals surface area (Å²) in [5.74, 6) is -1.03. The van der Waals surface area contributed by atoms with Gasteiger partial charge in [-0.25, -0.2) is 4.79 Å². The van der Waals surface area contributed by atoms with Gasteiger partial charge >= 0.3 is 5.97 Å². The Hall–Kier alpha value is -0.430. The second kappa shape index (κ2) is 6.49. The van der Waals surface area contributed by atoms with Crippen molar-refractivity contribution in [2.24, 2.45) is 0 Å². The lowest BCUT2D eigenvalue weighted by molar-refractivity contribution is 0.0169. The normalized spacial score (nSPS) is 14.4. The number of alkyl halides is 1. The molecular formula is C11H12Br2O4. The molecule has 0 aliphatic carbocycles. The highest BCUT2D eigenvalue weighted by atomic mass is 79.9. The van der Waals surface area contributed by atoms with E-state index in [2.05, 4.69) is 31.9 Å². The number of hydrogen-bond donors (Lipinski definition) is 3. The highest BCUT2D eigenvalue weighted by Gasteiger charge is 2.20. The molecule has 6 heteroatoms. The van der Waals surface area contributed by atoms with Crippen LogP contribution in [0.15, 0.2) is 22.7 Å². The maximum atomic E-state index is 10.7. The largest absolute Gasteiger partial charge is 0.478 e. The second-order valence-electron chi connectivity index (χ2n) is 3.53. The minimum atomic E-state index is -1.04. The third kappa shape index (κ3) is 3.77. The third-order valence-corrected chi connectivity index (χ3v) is 3.48. The van der Waals surface area contributed by atoms with Gasteiger partial charge in [0.2, 0.25) is 0 Å². The molecule has 0 saturated carbocycles. The number of aliphatic hydroxyl groups excluding tert-OH is 2. The van der Waals surface area contributed by atoms with Crippen LogP contribution < -0.4 is 0 Å². The molecular weight excluding hydrogens is 356 g/mol. The molecule has 2 unspecified atom stereocenters. The van der Waals surface area contributed by atoms with Gasteiger partial charge in [0.05, 0.1) is 11.7 Å². The van der Waals surface area contributed by atoms with Gasteiger partial charge in [0.1, 0.15) is 6.10 Å². The fourth-order valence-electron chi connectivity index (χ4n) is 1.38. The fourth-order valence-corrected chi connectivity index (χ4v) is 2.46. The van der Waals surface area contributed by atoms with E-state index in [0.29, 0.717) is 21.8 Å². The van der Waals surface area contributed by atoms with Gasteiger partial charge in [-0.05, 0) is 24.1 Å². The van der Waals surface area contributed by atoms with Crippen molar-refractivity contribution in [3.05, 3.63) is 33.8 Å². The lowest BCUT2D eigenvalue weighted by atomic mass is 10.0. The Morgan fingerprint density at radius 1 is 1.35 bits per heavy atom. The molecule has 0 bridgehead atoms. The fraction of sp³-hybridized carbons (Fsp3) is 0.364. The van der Waals surface area contributed by atoms with E-state index in [0.717, 1.165) is 0 Å². The summed E-state index contributed by atoms with van der Waals surface area (Å²) >= 11 is 6.37. The van der Waals surface area contributed by atoms with Gasteiger partial charge in [-0.15, -0.1) is 0 Å². The molecule has 1 aromatic carbocycles. The quantitative estimate of drug-likeness (QED) is 0.698. The molecule has 3 N–H and O–H groups in total. The van der Waals surface area contributed by atoms with Crippen LogP contribution in [0.5, 0.6) is 0 Å². The third-order valence-electron chi connectivity index (χ3n) is 2.34. The smallest absolute Gasteiger partial charge is 0.335 e. The summed E-state index contributed by atoms with van der Waals surface area (Å²) < 4.78 is 0.471. The van der Waals surface area contributed by atoms with E-state index in [9.17, 15) is 15.0 Å². The van der Waals surface area contributed by atoms with Gasteiger partial charge in [0, 0.05) is 9.80 Å². The first-order valence-corrected chi connectivity index (χ1v) is 6.83. The first-order valence-electron chi connectivity index (χ1n) is 4.92. The van der Waals surface area contributed by atoms with Gasteiger partial charge in [-0.3, -0.25) is 0 Å². The molecule has 0 spiro atoms. The van der Waals surface area contributed by atoms with Crippen molar-refractivity contribution >= 4 is 37.8 Å². The van der Waals surface area contributed by atoms with Crippen LogP contribution in [-0.4, -0.2) is 32.7 Å². The number of carboxylic acids is 1. The van der Waals surface area contributed by atoms with Gasteiger partial charge < -0.3 is 15.3 Å². The Bertz CT molecular complexity index is 408. The molecule has 0 aliphatic rings. The van der Waals surface area contributed by atoms with Gasteiger partial charge in [0.25, 0.3) is 0 Å². The van der Waals surface area contributed by atoms with E-state index in [-0.39, 0.29) is 5.56 Å². The van der Waals surface area contributed by atoms with E-state index in [1.165, 1.54) is 18.2 Å². The first kappa shape index (κ1) is 14.6. The molecule has 0 amide bonds. The molecule has 94 valence electrons. The summed E-state index contributed by atoms with van der Waals surface area (Å²) in [5, 5.41) is 28.9. The van der Waals surface area contributed by atoms with E-state index < -0.39 is 18.2 Å². The van der Waals surface area contributed by atoms with E-state index in [1.807, 2.05) is 0 Å². The highest BCUT2D eigenvalue weighted by Crippen LogP contribution is 2.28. The zero-order chi connectivity index (χ0) is 13.0. The molecule has 2 atom stereocenters. The molecule has 1 rings (SSSR count). The number of carboxylic acid groups (broad SMARTS) is 1. The van der Waals surface area contributed by atoms with Crippen molar-refractivity contribution < 1.29 is 20.1 Å². The van der Waals surface area contributed by atoms with Crippen LogP contribution in [0.4, 0.5) is 0 Å². The van der Waals surface area contributed by atoms with Crippen molar-refractivity contribution in [2.75, 3.05) is 5.33 Å². The maximum Gasteiger partial charge on any atom is 0.335 e. The van der Waals surface area contributed by atoms with E-state index in [1.54, 1.807) is 0 Å². The molecule has 1 aromatic rings. The minimum absolute atomic E-state index is 0.128. The zero-order valence-electron chi connectivity index (χ0n) is 8.81. The molecule has 0 radical (unpaired) electrons. The standard InChI is InChI=1S/C11H12Br2O4/c12-4-3-9(14)10(15)7-2-1-6(11(16)17)5-8(7)13/h1-2,5,9-10,14-15H,3-4H2,(H,16,17). The lowest BCUT2D eigenvalue weighted by Gasteiger charge is -2.18. The van der Waals surface area contributed by atoms with Crippen LogP contribution in [0.3, 0.4) is 0 Å². The van der Waals surface area contributed by atoms with Crippen LogP contribution in [0.1, 0.15) is 28.4 Å². The number of aromatic carboxylic acids is 1. The summed E-state index contributed by atoms with van der Waals surface area (Å²) in [7, 11) is 0. The number of halogens is 2. The Labute approximate surface area is 116 Å². The molecule has 0 aliphatic heterocycles. The lowest BCUT2D eigenvalue weighted by Crippen LogP contribution is -2.19. The predicted octanol–water partition coefficient (Wildman–Crippen LogP) is 2.33. The number of rotatable bonds is 5. The van der Waals surface area contributed by atoms with Crippen LogP contribution in [-0.2, 0) is 0 Å². The number of hydrogen-bond acceptors (Lipinski definition) is 3. The monoisotopic (exact) mass is 366 g/mol. The van der Waals surface area contributed by atoms with Crippen molar-refractivity contribution in [1.82, 2.24) is 0 Å². The molecule has 4 nitrogen and oxygen atoms in total. The summed E-state index contributed by atoms with van der Waals surface area (Å²) in [6.45, 7) is 0. The van der Waals surface area contributed by atoms with E-state index in [4.69, 9.17) is 5.11 Å². The van der Waals surface area contributed by atoms with Gasteiger partial charge in [-0.1, -0.05) is 37.9 Å². The second-order valence-corrected chi connectivity index (χ2v) is 5.18. The maximum absolute atomic E-state index is 10.7.